The van der Waals surface area contributed by atoms with Crippen LogP contribution in [0.4, 0.5) is 0 Å². The number of carboxylic acid groups (broad SMARTS) is 1. The van der Waals surface area contributed by atoms with Crippen molar-refractivity contribution in [3.63, 3.8) is 0 Å². The van der Waals surface area contributed by atoms with Gasteiger partial charge in [-0.05, 0) is 29.7 Å². The molecule has 0 radical (unpaired) electrons. The van der Waals surface area contributed by atoms with Crippen molar-refractivity contribution in [2.45, 2.75) is 19.8 Å². The number of rotatable bonds is 4. The number of hydrogen-bond donors (Lipinski definition) is 1. The summed E-state index contributed by atoms with van der Waals surface area (Å²) in [5.41, 5.74) is 1.68. The second-order valence-electron chi connectivity index (χ2n) is 3.83. The predicted octanol–water partition coefficient (Wildman–Crippen LogP) is 2.68. The monoisotopic (exact) mass is 234 g/mol. The first kappa shape index (κ1) is 11.5. The molecule has 90 valence electrons. The van der Waals surface area contributed by atoms with Crippen LogP contribution >= 0.6 is 0 Å². The summed E-state index contributed by atoms with van der Waals surface area (Å²) in [5.74, 6) is 0.459. The van der Waals surface area contributed by atoms with E-state index >= 15 is 0 Å². The van der Waals surface area contributed by atoms with E-state index in [1.54, 1.807) is 0 Å². The van der Waals surface area contributed by atoms with Crippen LogP contribution in [0.15, 0.2) is 24.3 Å². The topological polar surface area (TPSA) is 55.8 Å². The van der Waals surface area contributed by atoms with Gasteiger partial charge >= 0.3 is 5.97 Å². The highest BCUT2D eigenvalue weighted by atomic mass is 16.7. The molecule has 17 heavy (non-hydrogen) atoms. The van der Waals surface area contributed by atoms with Gasteiger partial charge in [0.05, 0.1) is 0 Å². The number of carbonyl (C=O) groups is 1. The van der Waals surface area contributed by atoms with E-state index in [0.29, 0.717) is 11.5 Å². The Kier molecular flexibility index (Phi) is 3.32. The number of aliphatic carboxylic acids is 1. The Morgan fingerprint density at radius 3 is 2.88 bits per heavy atom. The molecule has 0 bridgehead atoms. The minimum Gasteiger partial charge on any atom is -0.478 e. The zero-order chi connectivity index (χ0) is 12.3. The van der Waals surface area contributed by atoms with Gasteiger partial charge in [0.1, 0.15) is 0 Å². The lowest BCUT2D eigenvalue weighted by Gasteiger charge is -2.06. The van der Waals surface area contributed by atoms with Gasteiger partial charge in [0.25, 0.3) is 0 Å². The largest absolute Gasteiger partial charge is 0.478 e. The van der Waals surface area contributed by atoms with E-state index in [2.05, 4.69) is 0 Å². The van der Waals surface area contributed by atoms with E-state index in [1.807, 2.05) is 25.1 Å². The zero-order valence-corrected chi connectivity index (χ0v) is 9.60. The standard InChI is InChI=1S/C13H14O4/c1-2-3-9(7-13(14)15)10-4-5-11-12(6-10)17-8-16-11/h4-7H,2-3,8H2,1H3,(H,14,15)/b9-7+. The normalized spacial score (nSPS) is 13.8. The lowest BCUT2D eigenvalue weighted by Crippen LogP contribution is -1.93. The molecule has 0 saturated carbocycles. The van der Waals surface area contributed by atoms with E-state index in [9.17, 15) is 4.79 Å². The molecule has 2 rings (SSSR count). The number of hydrogen-bond acceptors (Lipinski definition) is 3. The van der Waals surface area contributed by atoms with E-state index in [4.69, 9.17) is 14.6 Å². The van der Waals surface area contributed by atoms with Gasteiger partial charge in [-0.2, -0.15) is 0 Å². The predicted molar refractivity (Wildman–Crippen MR) is 63.1 cm³/mol. The van der Waals surface area contributed by atoms with Crippen LogP contribution in [0, 0.1) is 0 Å². The summed E-state index contributed by atoms with van der Waals surface area (Å²) in [5, 5.41) is 8.83. The maximum absolute atomic E-state index is 10.8. The molecule has 0 aromatic heterocycles. The molecule has 0 unspecified atom stereocenters. The molecule has 1 aliphatic rings. The maximum atomic E-state index is 10.8. The second kappa shape index (κ2) is 4.91. The van der Waals surface area contributed by atoms with Gasteiger partial charge < -0.3 is 14.6 Å². The van der Waals surface area contributed by atoms with Crippen molar-refractivity contribution in [1.29, 1.82) is 0 Å². The SMILES string of the molecule is CCC/C(=C\C(=O)O)c1ccc2c(c1)OCO2. The van der Waals surface area contributed by atoms with Gasteiger partial charge in [0.2, 0.25) is 6.79 Å². The number of ether oxygens (including phenoxy) is 2. The van der Waals surface area contributed by atoms with Gasteiger partial charge in [0.15, 0.2) is 11.5 Å². The average Bonchev–Trinajstić information content (AvgIpc) is 2.74. The molecular weight excluding hydrogens is 220 g/mol. The molecule has 4 heteroatoms. The molecule has 4 nitrogen and oxygen atoms in total. The fourth-order valence-corrected chi connectivity index (χ4v) is 1.81. The molecule has 0 amide bonds. The van der Waals surface area contributed by atoms with Crippen LogP contribution < -0.4 is 9.47 Å². The average molecular weight is 234 g/mol. The van der Waals surface area contributed by atoms with Crippen molar-refractivity contribution in [1.82, 2.24) is 0 Å². The first-order valence-electron chi connectivity index (χ1n) is 5.54. The number of benzene rings is 1. The summed E-state index contributed by atoms with van der Waals surface area (Å²) in [6.07, 6.45) is 2.88. The number of fused-ring (bicyclic) bond motifs is 1. The van der Waals surface area contributed by atoms with Gasteiger partial charge in [0, 0.05) is 6.08 Å². The van der Waals surface area contributed by atoms with E-state index in [1.165, 1.54) is 6.08 Å². The molecule has 1 N–H and O–H groups in total. The van der Waals surface area contributed by atoms with Crippen molar-refractivity contribution in [3.8, 4) is 11.5 Å². The molecule has 0 spiro atoms. The summed E-state index contributed by atoms with van der Waals surface area (Å²) in [7, 11) is 0. The Bertz CT molecular complexity index is 462. The van der Waals surface area contributed by atoms with Crippen molar-refractivity contribution in [2.75, 3.05) is 6.79 Å². The van der Waals surface area contributed by atoms with E-state index in [0.717, 1.165) is 24.0 Å². The number of allylic oxidation sites excluding steroid dienone is 1. The second-order valence-corrected chi connectivity index (χ2v) is 3.83. The van der Waals surface area contributed by atoms with Crippen LogP contribution in [-0.4, -0.2) is 17.9 Å². The molecule has 1 aromatic carbocycles. The van der Waals surface area contributed by atoms with Crippen molar-refractivity contribution < 1.29 is 19.4 Å². The Hall–Kier alpha value is -1.97. The Morgan fingerprint density at radius 2 is 2.18 bits per heavy atom. The van der Waals surface area contributed by atoms with Gasteiger partial charge in [-0.3, -0.25) is 0 Å². The van der Waals surface area contributed by atoms with Crippen molar-refractivity contribution in [2.24, 2.45) is 0 Å². The molecule has 1 aromatic rings. The van der Waals surface area contributed by atoms with Crippen LogP contribution in [0.2, 0.25) is 0 Å². The molecule has 0 fully saturated rings. The summed E-state index contributed by atoms with van der Waals surface area (Å²) >= 11 is 0. The highest BCUT2D eigenvalue weighted by Gasteiger charge is 2.14. The minimum atomic E-state index is -0.925. The quantitative estimate of drug-likeness (QED) is 0.814. The lowest BCUT2D eigenvalue weighted by molar-refractivity contribution is -0.131. The molecule has 1 heterocycles. The summed E-state index contributed by atoms with van der Waals surface area (Å²) in [6.45, 7) is 2.24. The summed E-state index contributed by atoms with van der Waals surface area (Å²) in [4.78, 5) is 10.8. The highest BCUT2D eigenvalue weighted by molar-refractivity contribution is 5.90. The van der Waals surface area contributed by atoms with E-state index < -0.39 is 5.97 Å². The minimum absolute atomic E-state index is 0.227. The molecule has 0 aliphatic carbocycles. The van der Waals surface area contributed by atoms with E-state index in [-0.39, 0.29) is 6.79 Å². The smallest absolute Gasteiger partial charge is 0.328 e. The zero-order valence-electron chi connectivity index (χ0n) is 9.60. The third-order valence-electron chi connectivity index (χ3n) is 2.56. The van der Waals surface area contributed by atoms with Gasteiger partial charge in [-0.25, -0.2) is 4.79 Å². The molecule has 1 aliphatic heterocycles. The van der Waals surface area contributed by atoms with Gasteiger partial charge in [-0.1, -0.05) is 19.4 Å². The fraction of sp³-hybridized carbons (Fsp3) is 0.308. The van der Waals surface area contributed by atoms with Crippen molar-refractivity contribution in [3.05, 3.63) is 29.8 Å². The first-order valence-corrected chi connectivity index (χ1v) is 5.54. The van der Waals surface area contributed by atoms with Crippen LogP contribution in [0.25, 0.3) is 5.57 Å². The third kappa shape index (κ3) is 2.58. The molecular formula is C13H14O4. The fourth-order valence-electron chi connectivity index (χ4n) is 1.81. The van der Waals surface area contributed by atoms with Crippen LogP contribution in [0.3, 0.4) is 0 Å². The van der Waals surface area contributed by atoms with Crippen LogP contribution in [0.5, 0.6) is 11.5 Å². The molecule has 0 atom stereocenters. The third-order valence-corrected chi connectivity index (χ3v) is 2.56. The van der Waals surface area contributed by atoms with Crippen LogP contribution in [-0.2, 0) is 4.79 Å². The van der Waals surface area contributed by atoms with Crippen LogP contribution in [0.1, 0.15) is 25.3 Å². The highest BCUT2D eigenvalue weighted by Crippen LogP contribution is 2.35. The Labute approximate surface area is 99.5 Å². The maximum Gasteiger partial charge on any atom is 0.328 e. The summed E-state index contributed by atoms with van der Waals surface area (Å²) < 4.78 is 10.5. The lowest BCUT2D eigenvalue weighted by atomic mass is 10.0. The Morgan fingerprint density at radius 1 is 1.41 bits per heavy atom. The molecule has 0 saturated heterocycles. The van der Waals surface area contributed by atoms with Gasteiger partial charge in [-0.15, -0.1) is 0 Å². The Balaban J connectivity index is 2.33. The van der Waals surface area contributed by atoms with Crippen molar-refractivity contribution >= 4 is 11.5 Å². The number of carboxylic acids is 1. The first-order chi connectivity index (χ1) is 8.20. The summed E-state index contributed by atoms with van der Waals surface area (Å²) in [6, 6.07) is 5.49.